The molecule has 0 spiro atoms. The largest absolute Gasteiger partial charge is 0.423 e. The number of fused-ring (bicyclic) bond motifs is 3. The van der Waals surface area contributed by atoms with Crippen molar-refractivity contribution in [1.82, 2.24) is 9.38 Å². The second-order valence-electron chi connectivity index (χ2n) is 6.57. The summed E-state index contributed by atoms with van der Waals surface area (Å²) in [6.45, 7) is 0. The van der Waals surface area contributed by atoms with E-state index in [0.29, 0.717) is 25.3 Å². The van der Waals surface area contributed by atoms with E-state index in [1.807, 2.05) is 48.5 Å². The molecular formula is C23H13BrN2O3S. The van der Waals surface area contributed by atoms with Gasteiger partial charge in [-0.15, -0.1) is 0 Å². The van der Waals surface area contributed by atoms with Gasteiger partial charge in [-0.05, 0) is 64.0 Å². The Labute approximate surface area is 183 Å². The lowest BCUT2D eigenvalue weighted by Crippen LogP contribution is -2.22. The lowest BCUT2D eigenvalue weighted by Gasteiger charge is -2.06. The zero-order chi connectivity index (χ0) is 20.7. The molecule has 5 aromatic rings. The molecule has 0 bridgehead atoms. The molecule has 0 aliphatic carbocycles. The normalized spacial score (nSPS) is 12.0. The van der Waals surface area contributed by atoms with Gasteiger partial charge in [-0.25, -0.2) is 14.2 Å². The van der Waals surface area contributed by atoms with Crippen LogP contribution in [0.4, 0.5) is 0 Å². The van der Waals surface area contributed by atoms with Crippen molar-refractivity contribution < 1.29 is 9.53 Å². The topological polar surface area (TPSA) is 60.7 Å². The fourth-order valence-corrected chi connectivity index (χ4v) is 4.62. The number of rotatable bonds is 3. The summed E-state index contributed by atoms with van der Waals surface area (Å²) < 4.78 is 8.35. The molecule has 0 N–H and O–H groups in total. The van der Waals surface area contributed by atoms with Gasteiger partial charge in [-0.3, -0.25) is 4.79 Å². The highest BCUT2D eigenvalue weighted by Gasteiger charge is 2.12. The summed E-state index contributed by atoms with van der Waals surface area (Å²) >= 11 is 4.70. The van der Waals surface area contributed by atoms with Gasteiger partial charge in [0, 0.05) is 4.47 Å². The van der Waals surface area contributed by atoms with Crippen LogP contribution in [-0.2, 0) is 0 Å². The first-order valence-electron chi connectivity index (χ1n) is 9.09. The van der Waals surface area contributed by atoms with E-state index in [9.17, 15) is 9.59 Å². The van der Waals surface area contributed by atoms with Gasteiger partial charge in [-0.2, -0.15) is 0 Å². The average molecular weight is 477 g/mol. The maximum Gasteiger partial charge on any atom is 0.344 e. The molecule has 0 saturated carbocycles. The van der Waals surface area contributed by atoms with E-state index in [2.05, 4.69) is 20.9 Å². The standard InChI is InChI=1S/C23H13BrN2O3S/c24-17-6-2-1-5-16(17)22(28)29-15-11-9-14(10-12-15)13-20-21(27)26-19-8-4-3-7-18(19)25-23(26)30-20/h1-13H/b20-13+. The molecule has 0 radical (unpaired) electrons. The molecule has 0 fully saturated rings. The van der Waals surface area contributed by atoms with Crippen molar-refractivity contribution in [2.75, 3.05) is 0 Å². The van der Waals surface area contributed by atoms with Gasteiger partial charge in [-0.1, -0.05) is 47.7 Å². The first kappa shape index (κ1) is 18.7. The molecule has 0 amide bonds. The highest BCUT2D eigenvalue weighted by atomic mass is 79.9. The lowest BCUT2D eigenvalue weighted by molar-refractivity contribution is 0.0734. The molecule has 7 heteroatoms. The summed E-state index contributed by atoms with van der Waals surface area (Å²) in [6.07, 6.45) is 1.82. The van der Waals surface area contributed by atoms with Crippen molar-refractivity contribution in [1.29, 1.82) is 0 Å². The number of hydrogen-bond acceptors (Lipinski definition) is 5. The number of aromatic nitrogens is 2. The van der Waals surface area contributed by atoms with Crippen LogP contribution in [0.25, 0.3) is 22.1 Å². The predicted molar refractivity (Wildman–Crippen MR) is 121 cm³/mol. The quantitative estimate of drug-likeness (QED) is 0.285. The van der Waals surface area contributed by atoms with Crippen molar-refractivity contribution in [3.63, 3.8) is 0 Å². The molecule has 2 heterocycles. The van der Waals surface area contributed by atoms with Crippen molar-refractivity contribution in [3.8, 4) is 5.75 Å². The second kappa shape index (κ2) is 7.51. The first-order chi connectivity index (χ1) is 14.6. The molecule has 30 heavy (non-hydrogen) atoms. The van der Waals surface area contributed by atoms with E-state index < -0.39 is 5.97 Å². The summed E-state index contributed by atoms with van der Waals surface area (Å²) in [5.74, 6) is -0.00497. The van der Waals surface area contributed by atoms with Crippen LogP contribution in [0.5, 0.6) is 5.75 Å². The predicted octanol–water partition coefficient (Wildman–Crippen LogP) is 4.44. The zero-order valence-electron chi connectivity index (χ0n) is 15.4. The fourth-order valence-electron chi connectivity index (χ4n) is 3.18. The molecule has 0 unspecified atom stereocenters. The van der Waals surface area contributed by atoms with Gasteiger partial charge in [0.1, 0.15) is 5.75 Å². The molecule has 146 valence electrons. The molecule has 2 aromatic heterocycles. The van der Waals surface area contributed by atoms with E-state index in [1.54, 1.807) is 34.7 Å². The Hall–Kier alpha value is -3.29. The highest BCUT2D eigenvalue weighted by molar-refractivity contribution is 9.10. The summed E-state index contributed by atoms with van der Waals surface area (Å²) in [6, 6.07) is 21.7. The Kier molecular flexibility index (Phi) is 4.69. The SMILES string of the molecule is O=C(Oc1ccc(/C=c2/sc3nc4ccccc4n3c2=O)cc1)c1ccccc1Br. The third kappa shape index (κ3) is 3.32. The Bertz CT molecular complexity index is 1520. The molecule has 0 saturated heterocycles. The maximum atomic E-state index is 12.8. The number of benzene rings is 3. The van der Waals surface area contributed by atoms with E-state index >= 15 is 0 Å². The molecule has 5 rings (SSSR count). The minimum atomic E-state index is -0.438. The van der Waals surface area contributed by atoms with Crippen molar-refractivity contribution >= 4 is 55.3 Å². The third-order valence-corrected chi connectivity index (χ3v) is 6.29. The van der Waals surface area contributed by atoms with Crippen LogP contribution >= 0.6 is 27.3 Å². The first-order valence-corrected chi connectivity index (χ1v) is 10.7. The summed E-state index contributed by atoms with van der Waals surface area (Å²) in [5.41, 5.74) is 2.82. The van der Waals surface area contributed by atoms with E-state index in [-0.39, 0.29) is 5.56 Å². The minimum Gasteiger partial charge on any atom is -0.423 e. The number of carbonyl (C=O) groups excluding carboxylic acids is 1. The summed E-state index contributed by atoms with van der Waals surface area (Å²) in [4.78, 5) is 30.4. The number of imidazole rings is 1. The third-order valence-electron chi connectivity index (χ3n) is 4.63. The van der Waals surface area contributed by atoms with Crippen LogP contribution in [0, 0.1) is 0 Å². The van der Waals surface area contributed by atoms with Crippen molar-refractivity contribution in [3.05, 3.63) is 103 Å². The van der Waals surface area contributed by atoms with Crippen LogP contribution in [0.1, 0.15) is 15.9 Å². The molecular weight excluding hydrogens is 464 g/mol. The number of halogens is 1. The minimum absolute atomic E-state index is 0.0897. The number of para-hydroxylation sites is 2. The summed E-state index contributed by atoms with van der Waals surface area (Å²) in [7, 11) is 0. The monoisotopic (exact) mass is 476 g/mol. The number of carbonyl (C=O) groups is 1. The van der Waals surface area contributed by atoms with E-state index in [1.165, 1.54) is 11.3 Å². The van der Waals surface area contributed by atoms with E-state index in [4.69, 9.17) is 4.74 Å². The van der Waals surface area contributed by atoms with E-state index in [0.717, 1.165) is 16.6 Å². The Morgan fingerprint density at radius 1 is 1.00 bits per heavy atom. The second-order valence-corrected chi connectivity index (χ2v) is 8.44. The average Bonchev–Trinajstić information content (AvgIpc) is 3.26. The Morgan fingerprint density at radius 2 is 1.73 bits per heavy atom. The van der Waals surface area contributed by atoms with Gasteiger partial charge in [0.25, 0.3) is 5.56 Å². The van der Waals surface area contributed by atoms with Gasteiger partial charge in [0.2, 0.25) is 0 Å². The molecule has 5 nitrogen and oxygen atoms in total. The number of hydrogen-bond donors (Lipinski definition) is 0. The Balaban J connectivity index is 1.44. The van der Waals surface area contributed by atoms with Gasteiger partial charge >= 0.3 is 5.97 Å². The molecule has 0 atom stereocenters. The van der Waals surface area contributed by atoms with Crippen molar-refractivity contribution in [2.24, 2.45) is 0 Å². The summed E-state index contributed by atoms with van der Waals surface area (Å²) in [5, 5.41) is 0. The van der Waals surface area contributed by atoms with Gasteiger partial charge in [0.15, 0.2) is 4.96 Å². The van der Waals surface area contributed by atoms with Crippen LogP contribution in [0.15, 0.2) is 82.1 Å². The van der Waals surface area contributed by atoms with Gasteiger partial charge < -0.3 is 4.74 Å². The molecule has 0 aliphatic rings. The number of thiazole rings is 1. The molecule has 3 aromatic carbocycles. The smallest absolute Gasteiger partial charge is 0.344 e. The Morgan fingerprint density at radius 3 is 2.53 bits per heavy atom. The highest BCUT2D eigenvalue weighted by Crippen LogP contribution is 2.20. The fraction of sp³-hybridized carbons (Fsp3) is 0. The van der Waals surface area contributed by atoms with Crippen LogP contribution < -0.4 is 14.8 Å². The van der Waals surface area contributed by atoms with Crippen LogP contribution in [-0.4, -0.2) is 15.4 Å². The lowest BCUT2D eigenvalue weighted by atomic mass is 10.2. The maximum absolute atomic E-state index is 12.8. The zero-order valence-corrected chi connectivity index (χ0v) is 17.8. The van der Waals surface area contributed by atoms with Crippen LogP contribution in [0.3, 0.4) is 0 Å². The number of ether oxygens (including phenoxy) is 1. The number of nitrogens with zero attached hydrogens (tertiary/aromatic N) is 2. The molecule has 0 aliphatic heterocycles. The van der Waals surface area contributed by atoms with Crippen LogP contribution in [0.2, 0.25) is 0 Å². The van der Waals surface area contributed by atoms with Gasteiger partial charge in [0.05, 0.1) is 21.1 Å². The van der Waals surface area contributed by atoms with Crippen molar-refractivity contribution in [2.45, 2.75) is 0 Å². The number of esters is 1.